The van der Waals surface area contributed by atoms with Crippen LogP contribution in [0.5, 0.6) is 0 Å². The fraction of sp³-hybridized carbons (Fsp3) is 0.0833. The van der Waals surface area contributed by atoms with Gasteiger partial charge in [0.05, 0.1) is 22.5 Å². The van der Waals surface area contributed by atoms with Crippen LogP contribution in [0.1, 0.15) is 25.7 Å². The lowest BCUT2D eigenvalue weighted by Gasteiger charge is -2.07. The minimum Gasteiger partial charge on any atom is -0.366 e. The summed E-state index contributed by atoms with van der Waals surface area (Å²) in [6.45, 7) is 1.76. The molecule has 0 aliphatic heterocycles. The summed E-state index contributed by atoms with van der Waals surface area (Å²) < 4.78 is 0. The quantitative estimate of drug-likeness (QED) is 0.883. The highest BCUT2D eigenvalue weighted by Crippen LogP contribution is 2.18. The maximum Gasteiger partial charge on any atom is 0.267 e. The Balaban J connectivity index is 2.28. The number of thiazole rings is 1. The van der Waals surface area contributed by atoms with E-state index in [0.29, 0.717) is 16.3 Å². The summed E-state index contributed by atoms with van der Waals surface area (Å²) in [6, 6.07) is 6.61. The number of carbonyl (C=O) groups is 2. The Hall–Kier alpha value is -2.21. The molecule has 0 bridgehead atoms. The molecule has 3 N–H and O–H groups in total. The van der Waals surface area contributed by atoms with Gasteiger partial charge in [0.25, 0.3) is 11.8 Å². The molecule has 2 amide bonds. The zero-order valence-electron chi connectivity index (χ0n) is 9.64. The standard InChI is InChI=1S/C12H11N3O2S/c1-7-10(18-6-14-7)12(17)15-9-5-3-2-4-8(9)11(13)16/h2-6H,1H3,(H2,13,16)(H,15,17). The van der Waals surface area contributed by atoms with E-state index < -0.39 is 5.91 Å². The number of rotatable bonds is 3. The van der Waals surface area contributed by atoms with Crippen LogP contribution in [0.2, 0.25) is 0 Å². The number of para-hydroxylation sites is 1. The van der Waals surface area contributed by atoms with Gasteiger partial charge in [-0.1, -0.05) is 12.1 Å². The first-order valence-electron chi connectivity index (χ1n) is 5.20. The molecule has 0 unspecified atom stereocenters. The van der Waals surface area contributed by atoms with Crippen molar-refractivity contribution in [1.82, 2.24) is 4.98 Å². The Bertz CT molecular complexity index is 607. The Morgan fingerprint density at radius 1 is 1.33 bits per heavy atom. The van der Waals surface area contributed by atoms with Crippen LogP contribution in [-0.4, -0.2) is 16.8 Å². The van der Waals surface area contributed by atoms with Gasteiger partial charge < -0.3 is 11.1 Å². The van der Waals surface area contributed by atoms with Crippen LogP contribution in [0.3, 0.4) is 0 Å². The normalized spacial score (nSPS) is 10.1. The van der Waals surface area contributed by atoms with E-state index in [1.807, 2.05) is 0 Å². The molecule has 0 saturated heterocycles. The average molecular weight is 261 g/mol. The molecule has 2 aromatic rings. The second-order valence-electron chi connectivity index (χ2n) is 3.63. The lowest BCUT2D eigenvalue weighted by atomic mass is 10.1. The van der Waals surface area contributed by atoms with Gasteiger partial charge in [0.15, 0.2) is 0 Å². The number of nitrogens with two attached hydrogens (primary N) is 1. The summed E-state index contributed by atoms with van der Waals surface area (Å²) in [5, 5.41) is 2.67. The van der Waals surface area contributed by atoms with Crippen LogP contribution in [0.25, 0.3) is 0 Å². The summed E-state index contributed by atoms with van der Waals surface area (Å²) in [7, 11) is 0. The number of amides is 2. The highest BCUT2D eigenvalue weighted by molar-refractivity contribution is 7.12. The van der Waals surface area contributed by atoms with Crippen LogP contribution in [0.15, 0.2) is 29.8 Å². The third-order valence-corrected chi connectivity index (χ3v) is 3.32. The van der Waals surface area contributed by atoms with E-state index in [9.17, 15) is 9.59 Å². The Morgan fingerprint density at radius 3 is 2.67 bits per heavy atom. The molecule has 0 fully saturated rings. The van der Waals surface area contributed by atoms with Gasteiger partial charge in [-0.25, -0.2) is 4.98 Å². The van der Waals surface area contributed by atoms with Crippen LogP contribution in [0.4, 0.5) is 5.69 Å². The van der Waals surface area contributed by atoms with E-state index in [0.717, 1.165) is 0 Å². The minimum atomic E-state index is -0.577. The lowest BCUT2D eigenvalue weighted by molar-refractivity contribution is 0.100. The zero-order valence-corrected chi connectivity index (χ0v) is 10.5. The molecule has 1 aromatic heterocycles. The van der Waals surface area contributed by atoms with Gasteiger partial charge >= 0.3 is 0 Å². The topological polar surface area (TPSA) is 85.1 Å². The van der Waals surface area contributed by atoms with Gasteiger partial charge in [-0.2, -0.15) is 0 Å². The summed E-state index contributed by atoms with van der Waals surface area (Å²) in [5.74, 6) is -0.865. The predicted molar refractivity (Wildman–Crippen MR) is 69.8 cm³/mol. The number of carbonyl (C=O) groups excluding carboxylic acids is 2. The maximum atomic E-state index is 12.0. The fourth-order valence-corrected chi connectivity index (χ4v) is 2.20. The average Bonchev–Trinajstić information content (AvgIpc) is 2.76. The van der Waals surface area contributed by atoms with Gasteiger partial charge in [0.2, 0.25) is 0 Å². The van der Waals surface area contributed by atoms with Crippen molar-refractivity contribution >= 4 is 28.8 Å². The van der Waals surface area contributed by atoms with Crippen LogP contribution < -0.4 is 11.1 Å². The molecular formula is C12H11N3O2S. The van der Waals surface area contributed by atoms with Crippen LogP contribution in [0, 0.1) is 6.92 Å². The van der Waals surface area contributed by atoms with E-state index in [4.69, 9.17) is 5.73 Å². The molecule has 1 aromatic carbocycles. The Kier molecular flexibility index (Phi) is 3.38. The third kappa shape index (κ3) is 2.38. The molecule has 0 saturated carbocycles. The molecular weight excluding hydrogens is 250 g/mol. The van der Waals surface area contributed by atoms with Gasteiger partial charge in [0.1, 0.15) is 4.88 Å². The van der Waals surface area contributed by atoms with Crippen molar-refractivity contribution in [3.05, 3.63) is 45.9 Å². The van der Waals surface area contributed by atoms with E-state index in [2.05, 4.69) is 10.3 Å². The lowest BCUT2D eigenvalue weighted by Crippen LogP contribution is -2.18. The Labute approximate surface area is 108 Å². The minimum absolute atomic E-state index is 0.285. The summed E-state index contributed by atoms with van der Waals surface area (Å²) in [5.41, 5.74) is 8.19. The number of anilines is 1. The molecule has 18 heavy (non-hydrogen) atoms. The summed E-state index contributed by atoms with van der Waals surface area (Å²) in [6.07, 6.45) is 0. The molecule has 92 valence electrons. The van der Waals surface area contributed by atoms with Crippen molar-refractivity contribution in [2.24, 2.45) is 5.73 Å². The highest BCUT2D eigenvalue weighted by Gasteiger charge is 2.14. The van der Waals surface area contributed by atoms with Gasteiger partial charge in [-0.3, -0.25) is 9.59 Å². The van der Waals surface area contributed by atoms with Crippen molar-refractivity contribution in [2.75, 3.05) is 5.32 Å². The molecule has 1 heterocycles. The molecule has 5 nitrogen and oxygen atoms in total. The first-order chi connectivity index (χ1) is 8.59. The number of primary amides is 1. The first-order valence-corrected chi connectivity index (χ1v) is 6.08. The highest BCUT2D eigenvalue weighted by atomic mass is 32.1. The second-order valence-corrected chi connectivity index (χ2v) is 4.49. The fourth-order valence-electron chi connectivity index (χ4n) is 1.51. The SMILES string of the molecule is Cc1ncsc1C(=O)Nc1ccccc1C(N)=O. The number of aromatic nitrogens is 1. The molecule has 0 aliphatic rings. The monoisotopic (exact) mass is 261 g/mol. The van der Waals surface area contributed by atoms with Crippen molar-refractivity contribution in [1.29, 1.82) is 0 Å². The molecule has 2 rings (SSSR count). The third-order valence-electron chi connectivity index (χ3n) is 2.39. The largest absolute Gasteiger partial charge is 0.366 e. The Morgan fingerprint density at radius 2 is 2.06 bits per heavy atom. The van der Waals surface area contributed by atoms with Gasteiger partial charge in [-0.05, 0) is 19.1 Å². The van der Waals surface area contributed by atoms with Gasteiger partial charge in [-0.15, -0.1) is 11.3 Å². The van der Waals surface area contributed by atoms with E-state index in [-0.39, 0.29) is 11.5 Å². The van der Waals surface area contributed by atoms with Crippen LogP contribution in [-0.2, 0) is 0 Å². The molecule has 0 radical (unpaired) electrons. The first kappa shape index (κ1) is 12.3. The van der Waals surface area contributed by atoms with Crippen molar-refractivity contribution < 1.29 is 9.59 Å². The number of nitrogens with one attached hydrogen (secondary N) is 1. The summed E-state index contributed by atoms with van der Waals surface area (Å²) in [4.78, 5) is 27.7. The molecule has 6 heteroatoms. The second kappa shape index (κ2) is 4.97. The van der Waals surface area contributed by atoms with Crippen molar-refractivity contribution in [3.8, 4) is 0 Å². The zero-order chi connectivity index (χ0) is 13.1. The number of nitrogens with zero attached hydrogens (tertiary/aromatic N) is 1. The molecule has 0 spiro atoms. The summed E-state index contributed by atoms with van der Waals surface area (Å²) >= 11 is 1.25. The number of hydrogen-bond acceptors (Lipinski definition) is 4. The van der Waals surface area contributed by atoms with Crippen molar-refractivity contribution in [2.45, 2.75) is 6.92 Å². The molecule has 0 atom stereocenters. The predicted octanol–water partition coefficient (Wildman–Crippen LogP) is 1.80. The molecule has 0 aliphatic carbocycles. The van der Waals surface area contributed by atoms with E-state index >= 15 is 0 Å². The van der Waals surface area contributed by atoms with Crippen LogP contribution >= 0.6 is 11.3 Å². The smallest absolute Gasteiger partial charge is 0.267 e. The van der Waals surface area contributed by atoms with E-state index in [1.54, 1.807) is 36.7 Å². The number of benzene rings is 1. The number of hydrogen-bond donors (Lipinski definition) is 2. The van der Waals surface area contributed by atoms with Gasteiger partial charge in [0, 0.05) is 0 Å². The number of aryl methyl sites for hydroxylation is 1. The maximum absolute atomic E-state index is 12.0. The van der Waals surface area contributed by atoms with E-state index in [1.165, 1.54) is 11.3 Å². The van der Waals surface area contributed by atoms with Crippen molar-refractivity contribution in [3.63, 3.8) is 0 Å².